The van der Waals surface area contributed by atoms with Gasteiger partial charge in [-0.25, -0.2) is 8.42 Å². The Kier molecular flexibility index (Phi) is 7.89. The van der Waals surface area contributed by atoms with E-state index in [1.165, 1.54) is 5.56 Å². The van der Waals surface area contributed by atoms with Gasteiger partial charge in [0.25, 0.3) is 0 Å². The molecular weight excluding hydrogens is 424 g/mol. The predicted molar refractivity (Wildman–Crippen MR) is 129 cm³/mol. The van der Waals surface area contributed by atoms with Gasteiger partial charge in [0.2, 0.25) is 15.9 Å². The smallest absolute Gasteiger partial charge is 0.245 e. The minimum Gasteiger partial charge on any atom is -0.455 e. The van der Waals surface area contributed by atoms with Crippen LogP contribution in [0.5, 0.6) is 11.5 Å². The van der Waals surface area contributed by atoms with Gasteiger partial charge >= 0.3 is 0 Å². The number of aryl methyl sites for hydroxylation is 1. The molecule has 32 heavy (non-hydrogen) atoms. The molecule has 6 nitrogen and oxygen atoms in total. The van der Waals surface area contributed by atoms with Crippen molar-refractivity contribution in [1.29, 1.82) is 0 Å². The molecule has 0 heterocycles. The van der Waals surface area contributed by atoms with Crippen LogP contribution in [0.4, 0.5) is 11.4 Å². The van der Waals surface area contributed by atoms with Crippen LogP contribution in [-0.4, -0.2) is 27.1 Å². The highest BCUT2D eigenvalue weighted by atomic mass is 32.2. The Morgan fingerprint density at radius 2 is 1.59 bits per heavy atom. The van der Waals surface area contributed by atoms with Crippen LogP contribution in [0.3, 0.4) is 0 Å². The summed E-state index contributed by atoms with van der Waals surface area (Å²) in [7, 11) is -3.74. The van der Waals surface area contributed by atoms with Gasteiger partial charge in [-0.2, -0.15) is 0 Å². The molecule has 0 fully saturated rings. The molecule has 0 saturated carbocycles. The summed E-state index contributed by atoms with van der Waals surface area (Å²) in [5, 5.41) is 2.78. The first-order valence-electron chi connectivity index (χ1n) is 10.5. The molecule has 168 valence electrons. The molecule has 3 aromatic carbocycles. The Labute approximate surface area is 189 Å². The molecule has 0 aliphatic rings. The van der Waals surface area contributed by atoms with Crippen molar-refractivity contribution in [2.24, 2.45) is 0 Å². The number of ether oxygens (including phenoxy) is 1. The first-order chi connectivity index (χ1) is 15.4. The number of anilines is 2. The fourth-order valence-corrected chi connectivity index (χ4v) is 4.07. The molecule has 0 spiro atoms. The second-order valence-corrected chi connectivity index (χ2v) is 9.41. The molecule has 0 radical (unpaired) electrons. The van der Waals surface area contributed by atoms with Crippen LogP contribution < -0.4 is 14.4 Å². The van der Waals surface area contributed by atoms with E-state index in [4.69, 9.17) is 4.74 Å². The molecule has 0 bridgehead atoms. The minimum absolute atomic E-state index is 0.295. The lowest BCUT2D eigenvalue weighted by molar-refractivity contribution is -0.114. The third-order valence-electron chi connectivity index (χ3n) is 4.85. The van der Waals surface area contributed by atoms with Crippen molar-refractivity contribution >= 4 is 27.3 Å². The monoisotopic (exact) mass is 452 g/mol. The normalized spacial score (nSPS) is 11.1. The number of carbonyl (C=O) groups is 1. The van der Waals surface area contributed by atoms with E-state index in [1.54, 1.807) is 36.4 Å². The van der Waals surface area contributed by atoms with Gasteiger partial charge in [0, 0.05) is 5.69 Å². The van der Waals surface area contributed by atoms with Crippen LogP contribution in [-0.2, 0) is 21.2 Å². The number of para-hydroxylation sites is 3. The third kappa shape index (κ3) is 6.59. The van der Waals surface area contributed by atoms with Crippen LogP contribution in [0, 0.1) is 0 Å². The zero-order valence-corrected chi connectivity index (χ0v) is 19.1. The number of nitrogens with zero attached hydrogens (tertiary/aromatic N) is 1. The Balaban J connectivity index is 1.77. The van der Waals surface area contributed by atoms with Crippen molar-refractivity contribution < 1.29 is 17.9 Å². The number of benzene rings is 3. The first kappa shape index (κ1) is 23.3. The van der Waals surface area contributed by atoms with Crippen LogP contribution in [0.25, 0.3) is 0 Å². The maximum absolute atomic E-state index is 12.7. The number of hydrogen-bond acceptors (Lipinski definition) is 4. The summed E-state index contributed by atoms with van der Waals surface area (Å²) in [6, 6.07) is 23.4. The van der Waals surface area contributed by atoms with E-state index in [0.29, 0.717) is 22.9 Å². The Hall–Kier alpha value is -3.32. The van der Waals surface area contributed by atoms with Crippen molar-refractivity contribution in [1.82, 2.24) is 0 Å². The van der Waals surface area contributed by atoms with E-state index in [-0.39, 0.29) is 6.54 Å². The lowest BCUT2D eigenvalue weighted by Crippen LogP contribution is -2.37. The molecule has 0 aromatic heterocycles. The summed E-state index contributed by atoms with van der Waals surface area (Å²) >= 11 is 0. The Morgan fingerprint density at radius 1 is 0.938 bits per heavy atom. The largest absolute Gasteiger partial charge is 0.455 e. The van der Waals surface area contributed by atoms with Gasteiger partial charge in [0.15, 0.2) is 5.75 Å². The average Bonchev–Trinajstić information content (AvgIpc) is 2.77. The average molecular weight is 453 g/mol. The molecule has 0 aliphatic heterocycles. The van der Waals surface area contributed by atoms with E-state index < -0.39 is 15.9 Å². The van der Waals surface area contributed by atoms with Crippen LogP contribution in [0.15, 0.2) is 78.9 Å². The fraction of sp³-hybridized carbons (Fsp3) is 0.240. The van der Waals surface area contributed by atoms with Gasteiger partial charge < -0.3 is 10.1 Å². The van der Waals surface area contributed by atoms with E-state index in [0.717, 1.165) is 29.8 Å². The SMILES string of the molecule is CCCCc1ccc(NC(=O)CN(c2ccccc2Oc2ccccc2)S(C)(=O)=O)cc1. The summed E-state index contributed by atoms with van der Waals surface area (Å²) in [4.78, 5) is 12.7. The minimum atomic E-state index is -3.74. The number of nitrogens with one attached hydrogen (secondary N) is 1. The predicted octanol–water partition coefficient (Wildman–Crippen LogP) is 5.23. The van der Waals surface area contributed by atoms with Crippen LogP contribution in [0.2, 0.25) is 0 Å². The number of unbranched alkanes of at least 4 members (excludes halogenated alkanes) is 1. The second kappa shape index (κ2) is 10.8. The van der Waals surface area contributed by atoms with Crippen molar-refractivity contribution in [3.63, 3.8) is 0 Å². The Bertz CT molecular complexity index is 1130. The topological polar surface area (TPSA) is 75.7 Å². The van der Waals surface area contributed by atoms with Gasteiger partial charge in [-0.05, 0) is 54.8 Å². The van der Waals surface area contributed by atoms with Gasteiger partial charge in [0.1, 0.15) is 12.3 Å². The summed E-state index contributed by atoms with van der Waals surface area (Å²) in [6.07, 6.45) is 4.29. The highest BCUT2D eigenvalue weighted by Crippen LogP contribution is 2.33. The molecular formula is C25H28N2O4S. The number of sulfonamides is 1. The fourth-order valence-electron chi connectivity index (χ4n) is 3.21. The molecule has 3 aromatic rings. The maximum Gasteiger partial charge on any atom is 0.245 e. The standard InChI is InChI=1S/C25H28N2O4S/c1-3-4-10-20-15-17-21(18-16-20)26-25(28)19-27(32(2,29)30)23-13-8-9-14-24(23)31-22-11-6-5-7-12-22/h5-9,11-18H,3-4,10,19H2,1-2H3,(H,26,28). The van der Waals surface area contributed by atoms with Gasteiger partial charge in [0.05, 0.1) is 11.9 Å². The summed E-state index contributed by atoms with van der Waals surface area (Å²) in [5.41, 5.74) is 2.12. The van der Waals surface area contributed by atoms with Crippen molar-refractivity contribution in [3.8, 4) is 11.5 Å². The molecule has 1 N–H and O–H groups in total. The molecule has 0 unspecified atom stereocenters. The highest BCUT2D eigenvalue weighted by molar-refractivity contribution is 7.92. The first-order valence-corrected chi connectivity index (χ1v) is 12.4. The van der Waals surface area contributed by atoms with Gasteiger partial charge in [-0.3, -0.25) is 9.10 Å². The van der Waals surface area contributed by atoms with Crippen molar-refractivity contribution in [2.45, 2.75) is 26.2 Å². The molecule has 3 rings (SSSR count). The number of carbonyl (C=O) groups excluding carboxylic acids is 1. The van der Waals surface area contributed by atoms with E-state index in [1.807, 2.05) is 42.5 Å². The van der Waals surface area contributed by atoms with Crippen LogP contribution >= 0.6 is 0 Å². The van der Waals surface area contributed by atoms with Gasteiger partial charge in [-0.15, -0.1) is 0 Å². The van der Waals surface area contributed by atoms with Gasteiger partial charge in [-0.1, -0.05) is 55.8 Å². The third-order valence-corrected chi connectivity index (χ3v) is 5.98. The zero-order valence-electron chi connectivity index (χ0n) is 18.3. The zero-order chi connectivity index (χ0) is 23.0. The van der Waals surface area contributed by atoms with E-state index in [9.17, 15) is 13.2 Å². The molecule has 7 heteroatoms. The lowest BCUT2D eigenvalue weighted by atomic mass is 10.1. The number of rotatable bonds is 10. The maximum atomic E-state index is 12.7. The quantitative estimate of drug-likeness (QED) is 0.457. The molecule has 0 saturated heterocycles. The van der Waals surface area contributed by atoms with Crippen molar-refractivity contribution in [3.05, 3.63) is 84.4 Å². The van der Waals surface area contributed by atoms with E-state index >= 15 is 0 Å². The van der Waals surface area contributed by atoms with E-state index in [2.05, 4.69) is 12.2 Å². The Morgan fingerprint density at radius 3 is 2.25 bits per heavy atom. The second-order valence-electron chi connectivity index (χ2n) is 7.50. The van der Waals surface area contributed by atoms with Crippen molar-refractivity contribution in [2.75, 3.05) is 22.4 Å². The summed E-state index contributed by atoms with van der Waals surface area (Å²) < 4.78 is 32.1. The lowest BCUT2D eigenvalue weighted by Gasteiger charge is -2.24. The van der Waals surface area contributed by atoms with Crippen LogP contribution in [0.1, 0.15) is 25.3 Å². The molecule has 1 amide bonds. The summed E-state index contributed by atoms with van der Waals surface area (Å²) in [6.45, 7) is 1.77. The molecule has 0 atom stereocenters. The number of hydrogen-bond donors (Lipinski definition) is 1. The highest BCUT2D eigenvalue weighted by Gasteiger charge is 2.24. The molecule has 0 aliphatic carbocycles. The number of amides is 1. The summed E-state index contributed by atoms with van der Waals surface area (Å²) in [5.74, 6) is 0.476.